The summed E-state index contributed by atoms with van der Waals surface area (Å²) in [6, 6.07) is 9.21. The fraction of sp³-hybridized carbons (Fsp3) is 0.625. The maximum absolute atomic E-state index is 6.02. The minimum atomic E-state index is -0.0532. The van der Waals surface area contributed by atoms with Crippen molar-refractivity contribution in [1.29, 1.82) is 0 Å². The normalized spacial score (nSPS) is 25.3. The molecule has 0 radical (unpaired) electrons. The lowest BCUT2D eigenvalue weighted by atomic mass is 9.87. The molecule has 2 rings (SSSR count). The van der Waals surface area contributed by atoms with Gasteiger partial charge < -0.3 is 10.1 Å². The van der Waals surface area contributed by atoms with E-state index in [4.69, 9.17) is 4.74 Å². The van der Waals surface area contributed by atoms with E-state index in [2.05, 4.69) is 50.4 Å². The number of benzene rings is 1. The first-order chi connectivity index (χ1) is 8.69. The van der Waals surface area contributed by atoms with Crippen molar-refractivity contribution in [1.82, 2.24) is 5.32 Å². The van der Waals surface area contributed by atoms with E-state index in [1.54, 1.807) is 0 Å². The number of nitrogens with one attached hydrogen (secondary N) is 1. The van der Waals surface area contributed by atoms with Gasteiger partial charge in [0.2, 0.25) is 0 Å². The van der Waals surface area contributed by atoms with Crippen molar-refractivity contribution in [3.05, 3.63) is 35.4 Å². The molecule has 18 heavy (non-hydrogen) atoms. The third kappa shape index (κ3) is 2.76. The topological polar surface area (TPSA) is 21.3 Å². The lowest BCUT2D eigenvalue weighted by molar-refractivity contribution is -0.0121. The highest BCUT2D eigenvalue weighted by Gasteiger charge is 2.38. The molecule has 2 nitrogen and oxygen atoms in total. The van der Waals surface area contributed by atoms with Gasteiger partial charge in [0.05, 0.1) is 11.6 Å². The molecule has 1 aromatic carbocycles. The molecule has 2 unspecified atom stereocenters. The molecule has 1 heterocycles. The van der Waals surface area contributed by atoms with Crippen LogP contribution in [-0.4, -0.2) is 18.8 Å². The van der Waals surface area contributed by atoms with Crippen LogP contribution in [0.1, 0.15) is 50.8 Å². The number of aryl methyl sites for hydroxylation is 1. The highest BCUT2D eigenvalue weighted by atomic mass is 16.5. The van der Waals surface area contributed by atoms with Gasteiger partial charge in [-0.15, -0.1) is 0 Å². The zero-order chi connectivity index (χ0) is 13.0. The molecule has 1 N–H and O–H groups in total. The SMILES string of the molecule is CCNC(c1cccc(CC)c1)C1(C)CCCO1. The van der Waals surface area contributed by atoms with Crippen molar-refractivity contribution in [2.75, 3.05) is 13.2 Å². The van der Waals surface area contributed by atoms with E-state index in [0.717, 1.165) is 26.0 Å². The molecule has 0 amide bonds. The summed E-state index contributed by atoms with van der Waals surface area (Å²) in [7, 11) is 0. The molecule has 0 bridgehead atoms. The molecule has 0 saturated carbocycles. The zero-order valence-electron chi connectivity index (χ0n) is 11.8. The number of hydrogen-bond acceptors (Lipinski definition) is 2. The lowest BCUT2D eigenvalue weighted by Gasteiger charge is -2.34. The Morgan fingerprint density at radius 2 is 2.22 bits per heavy atom. The molecular formula is C16H25NO. The standard InChI is InChI=1S/C16H25NO/c1-4-13-8-6-9-14(12-13)15(17-5-2)16(3)10-7-11-18-16/h6,8-9,12,15,17H,4-5,7,10-11H2,1-3H3. The van der Waals surface area contributed by atoms with Gasteiger partial charge in [-0.1, -0.05) is 38.1 Å². The van der Waals surface area contributed by atoms with Crippen LogP contribution in [0.4, 0.5) is 0 Å². The van der Waals surface area contributed by atoms with E-state index < -0.39 is 0 Å². The average molecular weight is 247 g/mol. The monoisotopic (exact) mass is 247 g/mol. The number of rotatable bonds is 5. The minimum absolute atomic E-state index is 0.0532. The Bertz CT molecular complexity index is 382. The van der Waals surface area contributed by atoms with Gasteiger partial charge in [0.25, 0.3) is 0 Å². The van der Waals surface area contributed by atoms with Gasteiger partial charge in [0, 0.05) is 6.61 Å². The van der Waals surface area contributed by atoms with Gasteiger partial charge in [-0.25, -0.2) is 0 Å². The molecule has 1 aromatic rings. The van der Waals surface area contributed by atoms with Crippen LogP contribution in [0, 0.1) is 0 Å². The molecule has 100 valence electrons. The summed E-state index contributed by atoms with van der Waals surface area (Å²) < 4.78 is 6.02. The van der Waals surface area contributed by atoms with Gasteiger partial charge in [-0.2, -0.15) is 0 Å². The average Bonchev–Trinajstić information content (AvgIpc) is 2.84. The van der Waals surface area contributed by atoms with Crippen LogP contribution < -0.4 is 5.32 Å². The molecule has 1 fully saturated rings. The summed E-state index contributed by atoms with van der Waals surface area (Å²) in [5.74, 6) is 0. The maximum Gasteiger partial charge on any atom is 0.0849 e. The summed E-state index contributed by atoms with van der Waals surface area (Å²) in [5.41, 5.74) is 2.71. The highest BCUT2D eigenvalue weighted by Crippen LogP contribution is 2.37. The van der Waals surface area contributed by atoms with Crippen LogP contribution >= 0.6 is 0 Å². The first kappa shape index (κ1) is 13.6. The molecular weight excluding hydrogens is 222 g/mol. The Balaban J connectivity index is 2.28. The van der Waals surface area contributed by atoms with Crippen LogP contribution in [0.15, 0.2) is 24.3 Å². The molecule has 1 saturated heterocycles. The predicted octanol–water partition coefficient (Wildman–Crippen LogP) is 3.47. The fourth-order valence-corrected chi connectivity index (χ4v) is 2.91. The van der Waals surface area contributed by atoms with Crippen molar-refractivity contribution < 1.29 is 4.74 Å². The highest BCUT2D eigenvalue weighted by molar-refractivity contribution is 5.28. The summed E-state index contributed by atoms with van der Waals surface area (Å²) in [4.78, 5) is 0. The van der Waals surface area contributed by atoms with Crippen molar-refractivity contribution in [3.8, 4) is 0 Å². The van der Waals surface area contributed by atoms with E-state index in [1.807, 2.05) is 0 Å². The molecule has 0 spiro atoms. The van der Waals surface area contributed by atoms with Gasteiger partial charge in [-0.05, 0) is 43.9 Å². The van der Waals surface area contributed by atoms with E-state index in [1.165, 1.54) is 17.5 Å². The molecule has 1 aliphatic rings. The van der Waals surface area contributed by atoms with Crippen LogP contribution in [0.3, 0.4) is 0 Å². The number of likely N-dealkylation sites (N-methyl/N-ethyl adjacent to an activating group) is 1. The van der Waals surface area contributed by atoms with E-state index in [9.17, 15) is 0 Å². The summed E-state index contributed by atoms with van der Waals surface area (Å²) in [6.45, 7) is 8.47. The van der Waals surface area contributed by atoms with Gasteiger partial charge in [0.1, 0.15) is 0 Å². The summed E-state index contributed by atoms with van der Waals surface area (Å²) >= 11 is 0. The van der Waals surface area contributed by atoms with Crippen LogP contribution in [0.25, 0.3) is 0 Å². The van der Waals surface area contributed by atoms with E-state index in [0.29, 0.717) is 6.04 Å². The van der Waals surface area contributed by atoms with Crippen molar-refractivity contribution in [2.45, 2.75) is 51.7 Å². The maximum atomic E-state index is 6.02. The van der Waals surface area contributed by atoms with Gasteiger partial charge in [0.15, 0.2) is 0 Å². The van der Waals surface area contributed by atoms with Gasteiger partial charge >= 0.3 is 0 Å². The van der Waals surface area contributed by atoms with Crippen LogP contribution in [0.2, 0.25) is 0 Å². The third-order valence-electron chi connectivity index (χ3n) is 3.96. The summed E-state index contributed by atoms with van der Waals surface area (Å²) in [6.07, 6.45) is 3.40. The Kier molecular flexibility index (Phi) is 4.41. The molecule has 0 aliphatic carbocycles. The molecule has 0 aromatic heterocycles. The molecule has 1 aliphatic heterocycles. The zero-order valence-corrected chi connectivity index (χ0v) is 11.8. The Morgan fingerprint density at radius 3 is 2.83 bits per heavy atom. The summed E-state index contributed by atoms with van der Waals surface area (Å²) in [5, 5.41) is 3.61. The van der Waals surface area contributed by atoms with E-state index in [-0.39, 0.29) is 5.60 Å². The smallest absolute Gasteiger partial charge is 0.0849 e. The first-order valence-corrected chi connectivity index (χ1v) is 7.16. The van der Waals surface area contributed by atoms with Crippen molar-refractivity contribution >= 4 is 0 Å². The predicted molar refractivity (Wildman–Crippen MR) is 75.8 cm³/mol. The van der Waals surface area contributed by atoms with Crippen LogP contribution in [0.5, 0.6) is 0 Å². The number of ether oxygens (including phenoxy) is 1. The lowest BCUT2D eigenvalue weighted by Crippen LogP contribution is -2.41. The second kappa shape index (κ2) is 5.85. The fourth-order valence-electron chi connectivity index (χ4n) is 2.91. The minimum Gasteiger partial charge on any atom is -0.373 e. The molecule has 2 heteroatoms. The van der Waals surface area contributed by atoms with Crippen molar-refractivity contribution in [2.24, 2.45) is 0 Å². The second-order valence-corrected chi connectivity index (χ2v) is 5.35. The first-order valence-electron chi connectivity index (χ1n) is 7.16. The van der Waals surface area contributed by atoms with Crippen molar-refractivity contribution in [3.63, 3.8) is 0 Å². The second-order valence-electron chi connectivity index (χ2n) is 5.35. The Labute approximate surface area is 111 Å². The Hall–Kier alpha value is -0.860. The van der Waals surface area contributed by atoms with E-state index >= 15 is 0 Å². The molecule has 2 atom stereocenters. The van der Waals surface area contributed by atoms with Gasteiger partial charge in [-0.3, -0.25) is 0 Å². The number of hydrogen-bond donors (Lipinski definition) is 1. The van der Waals surface area contributed by atoms with Crippen LogP contribution in [-0.2, 0) is 11.2 Å². The quantitative estimate of drug-likeness (QED) is 0.860. The Morgan fingerprint density at radius 1 is 1.39 bits per heavy atom. The third-order valence-corrected chi connectivity index (χ3v) is 3.96. The largest absolute Gasteiger partial charge is 0.373 e.